The van der Waals surface area contributed by atoms with Crippen molar-refractivity contribution in [1.29, 1.82) is 0 Å². The standard InChI is InChI=1S/C16H12BrN3/c17-15-8-14(19-16(20-15)10-4-5-10)13-3-1-2-11-9-18-7-6-12(11)13/h1-3,6-10H,4-5H2. The third-order valence-corrected chi connectivity index (χ3v) is 4.02. The van der Waals surface area contributed by atoms with Crippen molar-refractivity contribution in [2.45, 2.75) is 18.8 Å². The summed E-state index contributed by atoms with van der Waals surface area (Å²) in [6, 6.07) is 10.3. The molecule has 0 spiro atoms. The third kappa shape index (κ3) is 2.10. The second kappa shape index (κ2) is 4.63. The molecular weight excluding hydrogens is 314 g/mol. The van der Waals surface area contributed by atoms with E-state index in [0.29, 0.717) is 5.92 Å². The zero-order chi connectivity index (χ0) is 13.5. The molecule has 0 amide bonds. The zero-order valence-corrected chi connectivity index (χ0v) is 12.3. The maximum Gasteiger partial charge on any atom is 0.133 e. The van der Waals surface area contributed by atoms with Gasteiger partial charge in [0.2, 0.25) is 0 Å². The maximum atomic E-state index is 4.75. The number of nitrogens with zero attached hydrogens (tertiary/aromatic N) is 3. The first-order chi connectivity index (χ1) is 9.81. The fourth-order valence-corrected chi connectivity index (χ4v) is 2.84. The first kappa shape index (κ1) is 12.0. The van der Waals surface area contributed by atoms with Crippen molar-refractivity contribution in [3.05, 3.63) is 53.2 Å². The minimum Gasteiger partial charge on any atom is -0.264 e. The van der Waals surface area contributed by atoms with Gasteiger partial charge in [-0.3, -0.25) is 4.98 Å². The van der Waals surface area contributed by atoms with Gasteiger partial charge in [-0.05, 0) is 46.3 Å². The van der Waals surface area contributed by atoms with Crippen LogP contribution in [-0.4, -0.2) is 15.0 Å². The Hall–Kier alpha value is -1.81. The molecule has 0 bridgehead atoms. The largest absolute Gasteiger partial charge is 0.264 e. The quantitative estimate of drug-likeness (QED) is 0.658. The van der Waals surface area contributed by atoms with E-state index in [1.54, 1.807) is 0 Å². The van der Waals surface area contributed by atoms with Gasteiger partial charge in [0.05, 0.1) is 5.69 Å². The topological polar surface area (TPSA) is 38.7 Å². The van der Waals surface area contributed by atoms with E-state index < -0.39 is 0 Å². The lowest BCUT2D eigenvalue weighted by Gasteiger charge is -2.08. The lowest BCUT2D eigenvalue weighted by atomic mass is 10.0. The summed E-state index contributed by atoms with van der Waals surface area (Å²) < 4.78 is 0.857. The fourth-order valence-electron chi connectivity index (χ4n) is 2.44. The molecule has 3 aromatic rings. The summed E-state index contributed by atoms with van der Waals surface area (Å²) >= 11 is 3.51. The number of hydrogen-bond acceptors (Lipinski definition) is 3. The highest BCUT2D eigenvalue weighted by molar-refractivity contribution is 9.10. The van der Waals surface area contributed by atoms with Crippen LogP contribution < -0.4 is 0 Å². The number of aromatic nitrogens is 3. The zero-order valence-electron chi connectivity index (χ0n) is 10.8. The SMILES string of the molecule is Brc1cc(-c2cccc3cnccc23)nc(C2CC2)n1. The van der Waals surface area contributed by atoms with Crippen LogP contribution in [0.25, 0.3) is 22.0 Å². The van der Waals surface area contributed by atoms with Crippen LogP contribution in [0.2, 0.25) is 0 Å². The van der Waals surface area contributed by atoms with E-state index in [1.165, 1.54) is 18.2 Å². The Morgan fingerprint density at radius 3 is 2.85 bits per heavy atom. The van der Waals surface area contributed by atoms with Crippen molar-refractivity contribution >= 4 is 26.7 Å². The lowest BCUT2D eigenvalue weighted by Crippen LogP contribution is -1.96. The van der Waals surface area contributed by atoms with Gasteiger partial charge >= 0.3 is 0 Å². The molecule has 4 rings (SSSR count). The second-order valence-electron chi connectivity index (χ2n) is 5.11. The smallest absolute Gasteiger partial charge is 0.133 e. The molecule has 1 aliphatic carbocycles. The summed E-state index contributed by atoms with van der Waals surface area (Å²) in [6.45, 7) is 0. The number of hydrogen-bond donors (Lipinski definition) is 0. The van der Waals surface area contributed by atoms with E-state index in [0.717, 1.165) is 27.1 Å². The van der Waals surface area contributed by atoms with Crippen molar-refractivity contribution in [3.8, 4) is 11.3 Å². The van der Waals surface area contributed by atoms with Crippen LogP contribution in [0.3, 0.4) is 0 Å². The maximum absolute atomic E-state index is 4.75. The summed E-state index contributed by atoms with van der Waals surface area (Å²) in [7, 11) is 0. The van der Waals surface area contributed by atoms with Gasteiger partial charge in [-0.25, -0.2) is 9.97 Å². The normalized spacial score (nSPS) is 14.7. The van der Waals surface area contributed by atoms with Gasteiger partial charge in [-0.1, -0.05) is 18.2 Å². The van der Waals surface area contributed by atoms with Gasteiger partial charge in [0.1, 0.15) is 10.4 Å². The predicted molar refractivity (Wildman–Crippen MR) is 82.4 cm³/mol. The van der Waals surface area contributed by atoms with E-state index in [2.05, 4.69) is 38.0 Å². The minimum absolute atomic E-state index is 0.544. The van der Waals surface area contributed by atoms with Crippen molar-refractivity contribution in [2.75, 3.05) is 0 Å². The molecule has 0 saturated heterocycles. The molecule has 1 aliphatic rings. The third-order valence-electron chi connectivity index (χ3n) is 3.61. The van der Waals surface area contributed by atoms with E-state index in [1.807, 2.05) is 30.6 Å². The van der Waals surface area contributed by atoms with Gasteiger partial charge < -0.3 is 0 Å². The molecule has 98 valence electrons. The van der Waals surface area contributed by atoms with Gasteiger partial charge in [0, 0.05) is 29.3 Å². The van der Waals surface area contributed by atoms with E-state index in [-0.39, 0.29) is 0 Å². The van der Waals surface area contributed by atoms with Crippen LogP contribution in [0.15, 0.2) is 47.3 Å². The molecule has 4 heteroatoms. The highest BCUT2D eigenvalue weighted by atomic mass is 79.9. The van der Waals surface area contributed by atoms with Crippen LogP contribution >= 0.6 is 15.9 Å². The van der Waals surface area contributed by atoms with E-state index in [4.69, 9.17) is 4.98 Å². The summed E-state index contributed by atoms with van der Waals surface area (Å²) in [5.41, 5.74) is 2.11. The van der Waals surface area contributed by atoms with Gasteiger partial charge in [0.15, 0.2) is 0 Å². The number of fused-ring (bicyclic) bond motifs is 1. The fraction of sp³-hybridized carbons (Fsp3) is 0.188. The Kier molecular flexibility index (Phi) is 2.77. The Labute approximate surface area is 125 Å². The number of halogens is 1. The summed E-state index contributed by atoms with van der Waals surface area (Å²) in [6.07, 6.45) is 6.12. The minimum atomic E-state index is 0.544. The highest BCUT2D eigenvalue weighted by Gasteiger charge is 2.27. The Morgan fingerprint density at radius 2 is 2.00 bits per heavy atom. The molecule has 1 saturated carbocycles. The number of pyridine rings is 1. The van der Waals surface area contributed by atoms with E-state index in [9.17, 15) is 0 Å². The van der Waals surface area contributed by atoms with Crippen LogP contribution in [0.5, 0.6) is 0 Å². The molecule has 1 aromatic carbocycles. The number of rotatable bonds is 2. The molecule has 3 nitrogen and oxygen atoms in total. The van der Waals surface area contributed by atoms with Crippen LogP contribution in [0.1, 0.15) is 24.6 Å². The van der Waals surface area contributed by atoms with Crippen LogP contribution in [0, 0.1) is 0 Å². The highest BCUT2D eigenvalue weighted by Crippen LogP contribution is 2.39. The van der Waals surface area contributed by atoms with E-state index >= 15 is 0 Å². The summed E-state index contributed by atoms with van der Waals surface area (Å²) in [5, 5.41) is 2.31. The predicted octanol–water partition coefficient (Wildman–Crippen LogP) is 4.33. The Balaban J connectivity index is 1.94. The van der Waals surface area contributed by atoms with Crippen molar-refractivity contribution in [3.63, 3.8) is 0 Å². The van der Waals surface area contributed by atoms with Gasteiger partial charge in [0.25, 0.3) is 0 Å². The lowest BCUT2D eigenvalue weighted by molar-refractivity contribution is 0.920. The molecule has 0 radical (unpaired) electrons. The average molecular weight is 326 g/mol. The molecule has 0 atom stereocenters. The summed E-state index contributed by atoms with van der Waals surface area (Å²) in [4.78, 5) is 13.4. The molecule has 1 fully saturated rings. The van der Waals surface area contributed by atoms with Gasteiger partial charge in [-0.2, -0.15) is 0 Å². The van der Waals surface area contributed by atoms with Crippen molar-refractivity contribution in [1.82, 2.24) is 15.0 Å². The Bertz CT molecular complexity index is 791. The molecule has 0 unspecified atom stereocenters. The summed E-state index contributed by atoms with van der Waals surface area (Å²) in [5.74, 6) is 1.50. The molecular formula is C16H12BrN3. The van der Waals surface area contributed by atoms with Crippen LogP contribution in [-0.2, 0) is 0 Å². The molecule has 2 aromatic heterocycles. The first-order valence-electron chi connectivity index (χ1n) is 6.69. The van der Waals surface area contributed by atoms with Crippen LogP contribution in [0.4, 0.5) is 0 Å². The van der Waals surface area contributed by atoms with Crippen molar-refractivity contribution in [2.24, 2.45) is 0 Å². The average Bonchev–Trinajstić information content (AvgIpc) is 3.30. The monoisotopic (exact) mass is 325 g/mol. The molecule has 2 heterocycles. The second-order valence-corrected chi connectivity index (χ2v) is 5.92. The van der Waals surface area contributed by atoms with Gasteiger partial charge in [-0.15, -0.1) is 0 Å². The van der Waals surface area contributed by atoms with Crippen molar-refractivity contribution < 1.29 is 0 Å². The first-order valence-corrected chi connectivity index (χ1v) is 7.48. The molecule has 20 heavy (non-hydrogen) atoms. The molecule has 0 N–H and O–H groups in total. The number of benzene rings is 1. The molecule has 0 aliphatic heterocycles. The Morgan fingerprint density at radius 1 is 1.10 bits per heavy atom.